The summed E-state index contributed by atoms with van der Waals surface area (Å²) in [5.74, 6) is 2.86. The molecule has 4 nitrogen and oxygen atoms in total. The molecular formula is C11H19ClN4. The number of aromatic nitrogens is 4. The Morgan fingerprint density at radius 3 is 2.56 bits per heavy atom. The fourth-order valence-corrected chi connectivity index (χ4v) is 2.72. The van der Waals surface area contributed by atoms with Gasteiger partial charge in [0.25, 0.3) is 0 Å². The molecule has 0 radical (unpaired) electrons. The van der Waals surface area contributed by atoms with Crippen molar-refractivity contribution in [3.63, 3.8) is 0 Å². The first kappa shape index (κ1) is 11.8. The van der Waals surface area contributed by atoms with E-state index in [-0.39, 0.29) is 0 Å². The van der Waals surface area contributed by atoms with Gasteiger partial charge in [-0.25, -0.2) is 4.68 Å². The smallest absolute Gasteiger partial charge is 0.166 e. The molecule has 2 rings (SSSR count). The summed E-state index contributed by atoms with van der Waals surface area (Å²) in [6, 6.07) is 0. The van der Waals surface area contributed by atoms with Crippen LogP contribution in [0.2, 0.25) is 0 Å². The van der Waals surface area contributed by atoms with Gasteiger partial charge < -0.3 is 0 Å². The van der Waals surface area contributed by atoms with E-state index in [1.165, 1.54) is 32.1 Å². The van der Waals surface area contributed by atoms with E-state index in [1.54, 1.807) is 0 Å². The summed E-state index contributed by atoms with van der Waals surface area (Å²) in [7, 11) is 0. The highest BCUT2D eigenvalue weighted by atomic mass is 35.5. The Labute approximate surface area is 101 Å². The van der Waals surface area contributed by atoms with E-state index in [1.807, 2.05) is 4.68 Å². The van der Waals surface area contributed by atoms with Crippen molar-refractivity contribution in [2.24, 2.45) is 11.8 Å². The highest BCUT2D eigenvalue weighted by Gasteiger charge is 2.21. The maximum Gasteiger partial charge on any atom is 0.166 e. The Morgan fingerprint density at radius 1 is 1.25 bits per heavy atom. The molecule has 0 bridgehead atoms. The van der Waals surface area contributed by atoms with Gasteiger partial charge in [0, 0.05) is 6.54 Å². The highest BCUT2D eigenvalue weighted by Crippen LogP contribution is 2.31. The van der Waals surface area contributed by atoms with Crippen molar-refractivity contribution in [1.82, 2.24) is 20.2 Å². The lowest BCUT2D eigenvalue weighted by atomic mass is 9.81. The molecule has 1 aromatic heterocycles. The van der Waals surface area contributed by atoms with Crippen LogP contribution < -0.4 is 0 Å². The second-order valence-corrected chi connectivity index (χ2v) is 4.97. The number of halogens is 1. The van der Waals surface area contributed by atoms with E-state index in [2.05, 4.69) is 22.4 Å². The fourth-order valence-electron chi connectivity index (χ4n) is 2.53. The van der Waals surface area contributed by atoms with Crippen LogP contribution in [-0.2, 0) is 12.4 Å². The number of hydrogen-bond donors (Lipinski definition) is 0. The zero-order valence-corrected chi connectivity index (χ0v) is 10.5. The molecule has 1 aliphatic rings. The summed E-state index contributed by atoms with van der Waals surface area (Å²) in [4.78, 5) is 0. The van der Waals surface area contributed by atoms with Gasteiger partial charge in [0.2, 0.25) is 0 Å². The Hall–Kier alpha value is -0.640. The lowest BCUT2D eigenvalue weighted by Gasteiger charge is -2.27. The normalized spacial score (nSPS) is 25.9. The maximum absolute atomic E-state index is 5.77. The molecule has 16 heavy (non-hydrogen) atoms. The fraction of sp³-hybridized carbons (Fsp3) is 0.909. The monoisotopic (exact) mass is 242 g/mol. The number of rotatable bonds is 4. The minimum absolute atomic E-state index is 0.400. The third-order valence-corrected chi connectivity index (χ3v) is 3.94. The largest absolute Gasteiger partial charge is 0.228 e. The van der Waals surface area contributed by atoms with Crippen molar-refractivity contribution in [2.75, 3.05) is 0 Å². The van der Waals surface area contributed by atoms with Gasteiger partial charge in [0.15, 0.2) is 5.82 Å². The lowest BCUT2D eigenvalue weighted by Crippen LogP contribution is -2.20. The van der Waals surface area contributed by atoms with Crippen LogP contribution in [0.5, 0.6) is 0 Å². The molecular weight excluding hydrogens is 224 g/mol. The molecule has 5 heteroatoms. The van der Waals surface area contributed by atoms with Gasteiger partial charge in [-0.3, -0.25) is 0 Å². The molecule has 1 aliphatic carbocycles. The van der Waals surface area contributed by atoms with Crippen molar-refractivity contribution in [2.45, 2.75) is 51.5 Å². The molecule has 1 saturated carbocycles. The highest BCUT2D eigenvalue weighted by molar-refractivity contribution is 6.16. The molecule has 0 saturated heterocycles. The summed E-state index contributed by atoms with van der Waals surface area (Å²) in [6.07, 6.45) is 6.66. The predicted octanol–water partition coefficient (Wildman–Crippen LogP) is 2.63. The number of hydrogen-bond acceptors (Lipinski definition) is 3. The Kier molecular flexibility index (Phi) is 4.16. The Morgan fingerprint density at radius 2 is 1.94 bits per heavy atom. The van der Waals surface area contributed by atoms with Gasteiger partial charge in [-0.2, -0.15) is 0 Å². The molecule has 0 aliphatic heterocycles. The van der Waals surface area contributed by atoms with Crippen LogP contribution in [0.25, 0.3) is 0 Å². The van der Waals surface area contributed by atoms with E-state index < -0.39 is 0 Å². The molecule has 1 aromatic rings. The molecule has 0 unspecified atom stereocenters. The molecule has 0 aromatic carbocycles. The minimum atomic E-state index is 0.400. The summed E-state index contributed by atoms with van der Waals surface area (Å²) in [5.41, 5.74) is 0. The zero-order chi connectivity index (χ0) is 11.4. The summed E-state index contributed by atoms with van der Waals surface area (Å²) in [6.45, 7) is 3.23. The van der Waals surface area contributed by atoms with E-state index in [0.29, 0.717) is 5.88 Å². The average Bonchev–Trinajstić information content (AvgIpc) is 2.77. The van der Waals surface area contributed by atoms with Crippen molar-refractivity contribution in [3.8, 4) is 0 Å². The van der Waals surface area contributed by atoms with E-state index in [4.69, 9.17) is 11.6 Å². The molecule has 0 amide bonds. The first-order valence-electron chi connectivity index (χ1n) is 6.14. The average molecular weight is 243 g/mol. The van der Waals surface area contributed by atoms with Crippen molar-refractivity contribution >= 4 is 11.6 Å². The molecule has 0 N–H and O–H groups in total. The van der Waals surface area contributed by atoms with Gasteiger partial charge >= 0.3 is 0 Å². The third kappa shape index (κ3) is 2.73. The van der Waals surface area contributed by atoms with Gasteiger partial charge in [0.05, 0.1) is 5.88 Å². The molecule has 0 atom stereocenters. The minimum Gasteiger partial charge on any atom is -0.228 e. The summed E-state index contributed by atoms with van der Waals surface area (Å²) < 4.78 is 1.87. The Bertz CT molecular complexity index is 318. The number of alkyl halides is 1. The standard InChI is InChI=1S/C11H19ClN4/c1-2-9-3-5-10(6-4-9)8-16-11(7-12)13-14-15-16/h9-10H,2-8H2,1H3. The molecule has 1 fully saturated rings. The van der Waals surface area contributed by atoms with E-state index in [9.17, 15) is 0 Å². The van der Waals surface area contributed by atoms with Crippen LogP contribution in [0.1, 0.15) is 44.9 Å². The lowest BCUT2D eigenvalue weighted by molar-refractivity contribution is 0.239. The SMILES string of the molecule is CCC1CCC(Cn2nnnc2CCl)CC1. The van der Waals surface area contributed by atoms with Gasteiger partial charge in [-0.1, -0.05) is 26.2 Å². The Balaban J connectivity index is 1.87. The quantitative estimate of drug-likeness (QED) is 0.763. The predicted molar refractivity (Wildman–Crippen MR) is 63.1 cm³/mol. The first-order valence-corrected chi connectivity index (χ1v) is 6.68. The molecule has 1 heterocycles. The third-order valence-electron chi connectivity index (χ3n) is 3.70. The van der Waals surface area contributed by atoms with E-state index in [0.717, 1.165) is 24.2 Å². The molecule has 0 spiro atoms. The van der Waals surface area contributed by atoms with E-state index >= 15 is 0 Å². The van der Waals surface area contributed by atoms with Crippen LogP contribution in [0.3, 0.4) is 0 Å². The van der Waals surface area contributed by atoms with Crippen LogP contribution in [-0.4, -0.2) is 20.2 Å². The van der Waals surface area contributed by atoms with Crippen LogP contribution >= 0.6 is 11.6 Å². The van der Waals surface area contributed by atoms with Gasteiger partial charge in [-0.15, -0.1) is 16.7 Å². The summed E-state index contributed by atoms with van der Waals surface area (Å²) >= 11 is 5.77. The van der Waals surface area contributed by atoms with Gasteiger partial charge in [0.1, 0.15) is 0 Å². The second-order valence-electron chi connectivity index (χ2n) is 4.71. The number of tetrazole rings is 1. The topological polar surface area (TPSA) is 43.6 Å². The van der Waals surface area contributed by atoms with Crippen LogP contribution in [0.4, 0.5) is 0 Å². The zero-order valence-electron chi connectivity index (χ0n) is 9.77. The summed E-state index contributed by atoms with van der Waals surface area (Å²) in [5, 5.41) is 11.6. The van der Waals surface area contributed by atoms with Gasteiger partial charge in [-0.05, 0) is 35.1 Å². The number of nitrogens with zero attached hydrogens (tertiary/aromatic N) is 4. The molecule has 90 valence electrons. The first-order chi connectivity index (χ1) is 7.83. The van der Waals surface area contributed by atoms with Crippen LogP contribution in [0.15, 0.2) is 0 Å². The van der Waals surface area contributed by atoms with Crippen LogP contribution in [0, 0.1) is 11.8 Å². The van der Waals surface area contributed by atoms with Crippen molar-refractivity contribution in [1.29, 1.82) is 0 Å². The second kappa shape index (κ2) is 5.62. The van der Waals surface area contributed by atoms with Crippen molar-refractivity contribution < 1.29 is 0 Å². The maximum atomic E-state index is 5.77. The van der Waals surface area contributed by atoms with Crippen molar-refractivity contribution in [3.05, 3.63) is 5.82 Å².